The molecule has 2 saturated heterocycles. The first kappa shape index (κ1) is 17.9. The monoisotopic (exact) mass is 354 g/mol. The van der Waals surface area contributed by atoms with Gasteiger partial charge in [-0.3, -0.25) is 0 Å². The van der Waals surface area contributed by atoms with Crippen LogP contribution in [-0.4, -0.2) is 30.8 Å². The van der Waals surface area contributed by atoms with Crippen molar-refractivity contribution in [3.8, 4) is 17.6 Å². The molecule has 4 rings (SSSR count). The number of ether oxygens (including phenoxy) is 2. The molecule has 3 atom stereocenters. The number of rotatable bonds is 1. The summed E-state index contributed by atoms with van der Waals surface area (Å²) in [5, 5.41) is 0. The Hall–Kier alpha value is -1.50. The zero-order chi connectivity index (χ0) is 18.2. The number of fused-ring (bicyclic) bond motifs is 3. The van der Waals surface area contributed by atoms with Gasteiger partial charge >= 0.3 is 0 Å². The van der Waals surface area contributed by atoms with Crippen LogP contribution in [0.1, 0.15) is 64.5 Å². The van der Waals surface area contributed by atoms with Gasteiger partial charge in [-0.15, -0.1) is 0 Å². The average molecular weight is 355 g/mol. The summed E-state index contributed by atoms with van der Waals surface area (Å²) in [4.78, 5) is 1.64. The van der Waals surface area contributed by atoms with Gasteiger partial charge in [-0.1, -0.05) is 24.1 Å². The van der Waals surface area contributed by atoms with Gasteiger partial charge in [0.05, 0.1) is 19.2 Å². The number of benzene rings is 1. The highest BCUT2D eigenvalue weighted by Gasteiger charge is 2.49. The minimum atomic E-state index is -0.350. The van der Waals surface area contributed by atoms with Gasteiger partial charge in [0, 0.05) is 11.5 Å². The Labute approximate surface area is 158 Å². The van der Waals surface area contributed by atoms with E-state index in [2.05, 4.69) is 50.8 Å². The predicted octanol–water partition coefficient (Wildman–Crippen LogP) is 3.16. The first-order chi connectivity index (χ1) is 12.5. The van der Waals surface area contributed by atoms with E-state index in [9.17, 15) is 0 Å². The van der Waals surface area contributed by atoms with Gasteiger partial charge in [0.1, 0.15) is 23.5 Å². The van der Waals surface area contributed by atoms with Gasteiger partial charge in [0.15, 0.2) is 0 Å². The lowest BCUT2D eigenvalue weighted by atomic mass is 9.73. The van der Waals surface area contributed by atoms with Gasteiger partial charge < -0.3 is 14.4 Å². The topological polar surface area (TPSA) is 22.9 Å². The maximum Gasteiger partial charge on any atom is 0.139 e. The predicted molar refractivity (Wildman–Crippen MR) is 103 cm³/mol. The Morgan fingerprint density at radius 3 is 2.69 bits per heavy atom. The fourth-order valence-corrected chi connectivity index (χ4v) is 4.84. The zero-order valence-electron chi connectivity index (χ0n) is 16.4. The Balaban J connectivity index is 1.52. The molecule has 0 saturated carbocycles. The van der Waals surface area contributed by atoms with Crippen molar-refractivity contribution in [2.75, 3.05) is 19.6 Å². The van der Waals surface area contributed by atoms with Crippen molar-refractivity contribution in [1.82, 2.24) is 0 Å². The molecule has 0 aromatic heterocycles. The van der Waals surface area contributed by atoms with E-state index in [4.69, 9.17) is 9.47 Å². The van der Waals surface area contributed by atoms with E-state index < -0.39 is 0 Å². The largest absolute Gasteiger partial charge is 0.487 e. The van der Waals surface area contributed by atoms with Crippen LogP contribution in [0.2, 0.25) is 0 Å². The van der Waals surface area contributed by atoms with Crippen molar-refractivity contribution >= 4 is 0 Å². The molecule has 3 aliphatic heterocycles. The van der Waals surface area contributed by atoms with Crippen molar-refractivity contribution in [1.29, 1.82) is 0 Å². The highest BCUT2D eigenvalue weighted by Crippen LogP contribution is 2.52. The van der Waals surface area contributed by atoms with Gasteiger partial charge in [-0.2, -0.15) is 0 Å². The minimum Gasteiger partial charge on any atom is -0.487 e. The van der Waals surface area contributed by atoms with Crippen LogP contribution >= 0.6 is 0 Å². The molecular formula is C23H32NO2+. The molecule has 1 N–H and O–H groups in total. The number of para-hydroxylation sites is 1. The van der Waals surface area contributed by atoms with Crippen LogP contribution < -0.4 is 9.64 Å². The summed E-state index contributed by atoms with van der Waals surface area (Å²) in [6.45, 7) is 10.1. The summed E-state index contributed by atoms with van der Waals surface area (Å²) >= 11 is 0. The van der Waals surface area contributed by atoms with Crippen LogP contribution in [0.3, 0.4) is 0 Å². The van der Waals surface area contributed by atoms with Crippen LogP contribution in [0, 0.1) is 17.8 Å². The molecule has 0 amide bonds. The second-order valence-corrected chi connectivity index (χ2v) is 8.95. The normalized spacial score (nSPS) is 33.2. The lowest BCUT2D eigenvalue weighted by molar-refractivity contribution is -0.897. The molecule has 0 radical (unpaired) electrons. The smallest absolute Gasteiger partial charge is 0.139 e. The molecule has 3 heterocycles. The highest BCUT2D eigenvalue weighted by molar-refractivity contribution is 5.39. The van der Waals surface area contributed by atoms with E-state index >= 15 is 0 Å². The third kappa shape index (κ3) is 3.50. The standard InChI is InChI=1S/C23H31NO2/c1-22(2)19-12-14-23(3,13-9-17-24-15-7-4-8-16-24)26-21(19)18-10-5-6-11-20(18)25-22/h5-6,10-11,19,21H,4,7-8,12,14-17H2,1-3H3/p+1/t19-,21+,23-/m0/s1. The zero-order valence-corrected chi connectivity index (χ0v) is 16.4. The van der Waals surface area contributed by atoms with E-state index in [-0.39, 0.29) is 17.3 Å². The number of hydrogen-bond donors (Lipinski definition) is 1. The summed E-state index contributed by atoms with van der Waals surface area (Å²) in [6, 6.07) is 8.34. The molecule has 3 aliphatic rings. The lowest BCUT2D eigenvalue weighted by Gasteiger charge is -2.50. The fourth-order valence-electron chi connectivity index (χ4n) is 4.84. The molecule has 2 fully saturated rings. The highest BCUT2D eigenvalue weighted by atomic mass is 16.5. The molecule has 1 aromatic rings. The average Bonchev–Trinajstić information content (AvgIpc) is 2.62. The molecule has 0 spiro atoms. The van der Waals surface area contributed by atoms with E-state index in [1.54, 1.807) is 4.90 Å². The molecule has 26 heavy (non-hydrogen) atoms. The van der Waals surface area contributed by atoms with E-state index in [0.29, 0.717) is 5.92 Å². The van der Waals surface area contributed by atoms with Crippen molar-refractivity contribution in [3.05, 3.63) is 29.8 Å². The maximum absolute atomic E-state index is 6.67. The first-order valence-corrected chi connectivity index (χ1v) is 10.3. The van der Waals surface area contributed by atoms with Crippen molar-refractivity contribution in [2.45, 2.75) is 70.2 Å². The van der Waals surface area contributed by atoms with E-state index in [1.165, 1.54) is 37.9 Å². The number of quaternary nitrogens is 1. The van der Waals surface area contributed by atoms with E-state index in [1.807, 2.05) is 6.07 Å². The van der Waals surface area contributed by atoms with Crippen LogP contribution in [0.4, 0.5) is 0 Å². The molecule has 0 aliphatic carbocycles. The summed E-state index contributed by atoms with van der Waals surface area (Å²) in [6.07, 6.45) is 6.23. The second-order valence-electron chi connectivity index (χ2n) is 8.95. The van der Waals surface area contributed by atoms with Crippen LogP contribution in [0.5, 0.6) is 5.75 Å². The number of piperidine rings is 1. The SMILES string of the molecule is CC1(C)Oc2ccccc2[C@H]2O[C@@](C)(C#CC[NH+]3CCCCC3)CC[C@@H]21. The Morgan fingerprint density at radius 1 is 1.12 bits per heavy atom. The third-order valence-electron chi connectivity index (χ3n) is 6.43. The van der Waals surface area contributed by atoms with Crippen molar-refractivity contribution < 1.29 is 14.4 Å². The number of likely N-dealkylation sites (tertiary alicyclic amines) is 1. The molecule has 1 aromatic carbocycles. The summed E-state index contributed by atoms with van der Waals surface area (Å²) < 4.78 is 13.0. The summed E-state index contributed by atoms with van der Waals surface area (Å²) in [7, 11) is 0. The Kier molecular flexibility index (Phi) is 4.75. The van der Waals surface area contributed by atoms with Crippen LogP contribution in [0.25, 0.3) is 0 Å². The Bertz CT molecular complexity index is 710. The maximum atomic E-state index is 6.67. The van der Waals surface area contributed by atoms with Crippen molar-refractivity contribution in [3.63, 3.8) is 0 Å². The lowest BCUT2D eigenvalue weighted by Crippen LogP contribution is -3.12. The van der Waals surface area contributed by atoms with Gasteiger partial charge in [-0.25, -0.2) is 0 Å². The fraction of sp³-hybridized carbons (Fsp3) is 0.652. The van der Waals surface area contributed by atoms with Crippen molar-refractivity contribution in [2.24, 2.45) is 5.92 Å². The number of nitrogens with one attached hydrogen (secondary N) is 1. The molecule has 0 bridgehead atoms. The van der Waals surface area contributed by atoms with E-state index in [0.717, 1.165) is 25.1 Å². The Morgan fingerprint density at radius 2 is 1.88 bits per heavy atom. The van der Waals surface area contributed by atoms with Crippen LogP contribution in [0.15, 0.2) is 24.3 Å². The third-order valence-corrected chi connectivity index (χ3v) is 6.43. The molecule has 3 heteroatoms. The molecular weight excluding hydrogens is 322 g/mol. The quantitative estimate of drug-likeness (QED) is 0.783. The first-order valence-electron chi connectivity index (χ1n) is 10.3. The minimum absolute atomic E-state index is 0.0744. The summed E-state index contributed by atoms with van der Waals surface area (Å²) in [5.41, 5.74) is 0.633. The van der Waals surface area contributed by atoms with Gasteiger partial charge in [-0.05, 0) is 64.9 Å². The molecule has 3 nitrogen and oxygen atoms in total. The number of hydrogen-bond acceptors (Lipinski definition) is 2. The molecule has 140 valence electrons. The van der Waals surface area contributed by atoms with Crippen LogP contribution in [-0.2, 0) is 4.74 Å². The van der Waals surface area contributed by atoms with Gasteiger partial charge in [0.25, 0.3) is 0 Å². The molecule has 0 unspecified atom stereocenters. The summed E-state index contributed by atoms with van der Waals surface area (Å²) in [5.74, 6) is 8.31. The second kappa shape index (κ2) is 6.91. The van der Waals surface area contributed by atoms with Gasteiger partial charge in [0.2, 0.25) is 0 Å².